The normalized spacial score (nSPS) is 16.0. The maximum atomic E-state index is 8.40. The van der Waals surface area contributed by atoms with Crippen molar-refractivity contribution < 1.29 is 30.0 Å². The van der Waals surface area contributed by atoms with Crippen molar-refractivity contribution in [3.8, 4) is 0 Å². The van der Waals surface area contributed by atoms with Crippen LogP contribution in [0.5, 0.6) is 0 Å². The third-order valence-corrected chi connectivity index (χ3v) is 4.20. The number of fused-ring (bicyclic) bond motifs is 1. The number of ketones is 1. The molecule has 0 fully saturated rings. The van der Waals surface area contributed by atoms with Gasteiger partial charge in [-0.05, 0) is 30.9 Å². The number of hydrogen-bond acceptors (Lipinski definition) is 2. The van der Waals surface area contributed by atoms with Crippen LogP contribution in [0, 0.1) is 11.5 Å². The molecule has 1 aliphatic rings. The summed E-state index contributed by atoms with van der Waals surface area (Å²) in [6, 6.07) is 16.2. The number of hydrogen-bond donors (Lipinski definition) is 1. The molecule has 3 rings (SSSR count). The Kier molecular flexibility index (Phi) is 8.39. The molecular weight excluding hydrogens is 502 g/mol. The molecule has 2 N–H and O–H groups in total. The van der Waals surface area contributed by atoms with Crippen LogP contribution in [0.2, 0.25) is 0 Å². The second-order valence-corrected chi connectivity index (χ2v) is 7.10. The minimum Gasteiger partial charge on any atom is -0.512 e. The Morgan fingerprint density at radius 3 is 2.46 bits per heavy atom. The molecule has 0 amide bonds. The van der Waals surface area contributed by atoms with E-state index in [1.165, 1.54) is 54.8 Å². The minimum atomic E-state index is 0. The SMILES string of the molecule is CC(=[OH+])/C=C(/C)O.CC1(C)CCCN=C1c1[c-]c2ccccc2cc1.[Ir]. The van der Waals surface area contributed by atoms with Crippen LogP contribution < -0.4 is 0 Å². The van der Waals surface area contributed by atoms with Gasteiger partial charge in [0.15, 0.2) is 0 Å². The van der Waals surface area contributed by atoms with E-state index in [4.69, 9.17) is 14.9 Å². The van der Waals surface area contributed by atoms with Crippen LogP contribution in [0.25, 0.3) is 10.8 Å². The zero-order valence-corrected chi connectivity index (χ0v) is 18.2. The summed E-state index contributed by atoms with van der Waals surface area (Å²) >= 11 is 0. The quantitative estimate of drug-likeness (QED) is 0.245. The molecule has 0 saturated carbocycles. The summed E-state index contributed by atoms with van der Waals surface area (Å²) in [5, 5.41) is 10.8. The molecule has 0 aromatic heterocycles. The van der Waals surface area contributed by atoms with Crippen molar-refractivity contribution in [1.82, 2.24) is 0 Å². The van der Waals surface area contributed by atoms with Gasteiger partial charge in [0.25, 0.3) is 0 Å². The number of rotatable bonds is 2. The Balaban J connectivity index is 0.000000366. The van der Waals surface area contributed by atoms with E-state index in [-0.39, 0.29) is 37.1 Å². The molecule has 1 radical (unpaired) electrons. The molecule has 0 spiro atoms. The first kappa shape index (κ1) is 22.3. The predicted molar refractivity (Wildman–Crippen MR) is 106 cm³/mol. The van der Waals surface area contributed by atoms with Crippen molar-refractivity contribution in [3.05, 3.63) is 59.9 Å². The summed E-state index contributed by atoms with van der Waals surface area (Å²) in [7, 11) is 0. The van der Waals surface area contributed by atoms with Gasteiger partial charge in [-0.25, -0.2) is 0 Å². The van der Waals surface area contributed by atoms with Gasteiger partial charge in [-0.1, -0.05) is 37.4 Å². The summed E-state index contributed by atoms with van der Waals surface area (Å²) in [4.78, 5) is 13.1. The van der Waals surface area contributed by atoms with Gasteiger partial charge in [0.1, 0.15) is 0 Å². The van der Waals surface area contributed by atoms with E-state index >= 15 is 0 Å². The average Bonchev–Trinajstić information content (AvgIpc) is 2.53. The van der Waals surface area contributed by atoms with Crippen LogP contribution in [-0.2, 0) is 20.1 Å². The molecule has 3 nitrogen and oxygen atoms in total. The van der Waals surface area contributed by atoms with Crippen molar-refractivity contribution in [2.24, 2.45) is 10.4 Å². The fourth-order valence-electron chi connectivity index (χ4n) is 3.05. The fraction of sp³-hybridized carbons (Fsp3) is 0.364. The van der Waals surface area contributed by atoms with Crippen LogP contribution in [0.15, 0.2) is 53.2 Å². The molecule has 0 aliphatic carbocycles. The maximum absolute atomic E-state index is 8.40. The molecule has 141 valence electrons. The van der Waals surface area contributed by atoms with Crippen LogP contribution in [0.1, 0.15) is 46.1 Å². The number of aliphatic hydroxyl groups excluding tert-OH is 1. The Morgan fingerprint density at radius 2 is 1.88 bits per heavy atom. The third kappa shape index (κ3) is 6.19. The van der Waals surface area contributed by atoms with Gasteiger partial charge in [-0.2, -0.15) is 0 Å². The molecular formula is C22H27IrNO2. The minimum absolute atomic E-state index is 0. The summed E-state index contributed by atoms with van der Waals surface area (Å²) < 4.78 is 0. The number of aliphatic hydroxyl groups is 1. The van der Waals surface area contributed by atoms with E-state index < -0.39 is 0 Å². The number of aliphatic imine (C=N–C) groups is 1. The summed E-state index contributed by atoms with van der Waals surface area (Å²) in [5.41, 5.74) is 2.56. The van der Waals surface area contributed by atoms with Gasteiger partial charge in [0.05, 0.1) is 18.8 Å². The van der Waals surface area contributed by atoms with E-state index in [1.807, 2.05) is 0 Å². The summed E-state index contributed by atoms with van der Waals surface area (Å²) in [6.45, 7) is 8.53. The Bertz CT molecular complexity index is 818. The van der Waals surface area contributed by atoms with Gasteiger partial charge in [0, 0.05) is 26.7 Å². The van der Waals surface area contributed by atoms with Gasteiger partial charge >= 0.3 is 5.78 Å². The molecule has 1 heterocycles. The maximum Gasteiger partial charge on any atom is 0.316 e. The number of allylic oxidation sites excluding steroid dienone is 2. The average molecular weight is 530 g/mol. The van der Waals surface area contributed by atoms with Crippen molar-refractivity contribution in [3.63, 3.8) is 0 Å². The van der Waals surface area contributed by atoms with E-state index in [9.17, 15) is 0 Å². The van der Waals surface area contributed by atoms with E-state index in [0.717, 1.165) is 6.54 Å². The Labute approximate surface area is 169 Å². The molecule has 26 heavy (non-hydrogen) atoms. The van der Waals surface area contributed by atoms with Gasteiger partial charge in [-0.15, -0.1) is 35.2 Å². The first-order valence-corrected chi connectivity index (χ1v) is 8.66. The second-order valence-electron chi connectivity index (χ2n) is 7.10. The predicted octanol–water partition coefficient (Wildman–Crippen LogP) is 5.26. The van der Waals surface area contributed by atoms with Crippen LogP contribution in [0.4, 0.5) is 0 Å². The van der Waals surface area contributed by atoms with Gasteiger partial charge in [-0.3, -0.25) is 4.79 Å². The molecule has 0 atom stereocenters. The molecule has 2 aromatic rings. The molecule has 0 unspecified atom stereocenters. The smallest absolute Gasteiger partial charge is 0.316 e. The van der Waals surface area contributed by atoms with Crippen molar-refractivity contribution >= 4 is 22.3 Å². The van der Waals surface area contributed by atoms with E-state index in [1.54, 1.807) is 0 Å². The molecule has 0 saturated heterocycles. The first-order chi connectivity index (χ1) is 11.8. The van der Waals surface area contributed by atoms with Crippen molar-refractivity contribution in [1.29, 1.82) is 0 Å². The number of benzene rings is 2. The van der Waals surface area contributed by atoms with Gasteiger partial charge < -0.3 is 10.1 Å². The number of nitrogens with zero attached hydrogens (tertiary/aromatic N) is 1. The topological polar surface area (TPSA) is 54.0 Å². The van der Waals surface area contributed by atoms with Gasteiger partial charge in [0.2, 0.25) is 0 Å². The van der Waals surface area contributed by atoms with Crippen LogP contribution >= 0.6 is 0 Å². The van der Waals surface area contributed by atoms with Crippen LogP contribution in [-0.4, -0.2) is 27.9 Å². The molecule has 4 heteroatoms. The monoisotopic (exact) mass is 530 g/mol. The standard InChI is InChI=1S/C17H18N.C5H8O2.Ir/c1-17(2)10-5-11-18-16(17)15-9-8-13-6-3-4-7-14(13)12-15;1-4(6)3-5(2)7;/h3-4,6-9H,5,10-11H2,1-2H3;3,6H,1-2H3;/q-1;;/p+1/b;4-3-;. The largest absolute Gasteiger partial charge is 0.512 e. The van der Waals surface area contributed by atoms with E-state index in [2.05, 4.69) is 56.3 Å². The van der Waals surface area contributed by atoms with Crippen LogP contribution in [0.3, 0.4) is 0 Å². The zero-order chi connectivity index (χ0) is 18.4. The Hall–Kier alpha value is -1.77. The summed E-state index contributed by atoms with van der Waals surface area (Å²) in [5.74, 6) is 0.250. The first-order valence-electron chi connectivity index (χ1n) is 8.66. The van der Waals surface area contributed by atoms with E-state index in [0.29, 0.717) is 0 Å². The summed E-state index contributed by atoms with van der Waals surface area (Å²) in [6.07, 6.45) is 3.69. The fourth-order valence-corrected chi connectivity index (χ4v) is 3.05. The third-order valence-electron chi connectivity index (χ3n) is 4.20. The number of carbonyl (C=O) groups excluding carboxylic acids is 1. The van der Waals surface area contributed by atoms with Crippen molar-refractivity contribution in [2.45, 2.75) is 40.5 Å². The van der Waals surface area contributed by atoms with Crippen molar-refractivity contribution in [2.75, 3.05) is 6.54 Å². The Morgan fingerprint density at radius 1 is 1.19 bits per heavy atom. The molecule has 1 aliphatic heterocycles. The molecule has 2 aromatic carbocycles. The second kappa shape index (κ2) is 9.80. The molecule has 0 bridgehead atoms. The zero-order valence-electron chi connectivity index (χ0n) is 15.8.